The second kappa shape index (κ2) is 4.78. The van der Waals surface area contributed by atoms with E-state index in [1.807, 2.05) is 18.2 Å². The summed E-state index contributed by atoms with van der Waals surface area (Å²) in [5.41, 5.74) is 7.38. The molecule has 2 rings (SSSR count). The Kier molecular flexibility index (Phi) is 3.54. The van der Waals surface area contributed by atoms with Crippen LogP contribution in [0.1, 0.15) is 24.3 Å². The van der Waals surface area contributed by atoms with Crippen LogP contribution < -0.4 is 5.73 Å². The number of hydrogen-bond donors (Lipinski definition) is 1. The van der Waals surface area contributed by atoms with Crippen LogP contribution >= 0.6 is 0 Å². The highest BCUT2D eigenvalue weighted by atomic mass is 32.2. The zero-order chi connectivity index (χ0) is 12.5. The molecule has 2 N–H and O–H groups in total. The molecule has 0 heterocycles. The van der Waals surface area contributed by atoms with E-state index in [0.29, 0.717) is 18.3 Å². The minimum Gasteiger partial charge on any atom is -0.327 e. The van der Waals surface area contributed by atoms with E-state index in [-0.39, 0.29) is 11.8 Å². The highest BCUT2D eigenvalue weighted by Crippen LogP contribution is 2.49. The van der Waals surface area contributed by atoms with Crippen molar-refractivity contribution in [1.29, 1.82) is 0 Å². The van der Waals surface area contributed by atoms with Crippen LogP contribution in [0.15, 0.2) is 30.3 Å². The SMILES string of the molecule is CS(=O)(=O)CCC(N)C1CC1c1ccccc1. The van der Waals surface area contributed by atoms with Gasteiger partial charge in [0.15, 0.2) is 0 Å². The van der Waals surface area contributed by atoms with Gasteiger partial charge in [0.05, 0.1) is 5.75 Å². The van der Waals surface area contributed by atoms with Crippen molar-refractivity contribution in [2.75, 3.05) is 12.0 Å². The Bertz CT molecular complexity index is 469. The van der Waals surface area contributed by atoms with Crippen molar-refractivity contribution in [1.82, 2.24) is 0 Å². The van der Waals surface area contributed by atoms with Gasteiger partial charge in [0, 0.05) is 12.3 Å². The summed E-state index contributed by atoms with van der Waals surface area (Å²) < 4.78 is 22.1. The molecule has 0 radical (unpaired) electrons. The number of rotatable bonds is 5. The van der Waals surface area contributed by atoms with Gasteiger partial charge in [0.1, 0.15) is 9.84 Å². The lowest BCUT2D eigenvalue weighted by atomic mass is 10.0. The van der Waals surface area contributed by atoms with Crippen LogP contribution in [0.2, 0.25) is 0 Å². The number of sulfone groups is 1. The number of hydrogen-bond acceptors (Lipinski definition) is 3. The van der Waals surface area contributed by atoms with Gasteiger partial charge < -0.3 is 5.73 Å². The van der Waals surface area contributed by atoms with Crippen LogP contribution in [0.3, 0.4) is 0 Å². The van der Waals surface area contributed by atoms with E-state index in [4.69, 9.17) is 5.73 Å². The highest BCUT2D eigenvalue weighted by Gasteiger charge is 2.42. The minimum atomic E-state index is -2.89. The van der Waals surface area contributed by atoms with E-state index < -0.39 is 9.84 Å². The molecule has 3 nitrogen and oxygen atoms in total. The molecule has 0 spiro atoms. The van der Waals surface area contributed by atoms with E-state index >= 15 is 0 Å². The van der Waals surface area contributed by atoms with E-state index in [1.54, 1.807) is 0 Å². The number of nitrogens with two attached hydrogens (primary N) is 1. The van der Waals surface area contributed by atoms with Crippen LogP contribution in [0.4, 0.5) is 0 Å². The summed E-state index contributed by atoms with van der Waals surface area (Å²) in [5, 5.41) is 0. The second-order valence-corrected chi connectivity index (χ2v) is 7.26. The Hall–Kier alpha value is -0.870. The summed E-state index contributed by atoms with van der Waals surface area (Å²) in [6.07, 6.45) is 2.93. The molecule has 0 aliphatic heterocycles. The molecule has 3 atom stereocenters. The lowest BCUT2D eigenvalue weighted by Crippen LogP contribution is -2.26. The first kappa shape index (κ1) is 12.6. The maximum absolute atomic E-state index is 11.1. The molecule has 17 heavy (non-hydrogen) atoms. The molecular weight excluding hydrogens is 234 g/mol. The van der Waals surface area contributed by atoms with E-state index in [1.165, 1.54) is 11.8 Å². The first-order chi connectivity index (χ1) is 7.97. The fourth-order valence-corrected chi connectivity index (χ4v) is 3.04. The van der Waals surface area contributed by atoms with Crippen molar-refractivity contribution in [3.05, 3.63) is 35.9 Å². The quantitative estimate of drug-likeness (QED) is 0.866. The summed E-state index contributed by atoms with van der Waals surface area (Å²) in [6, 6.07) is 10.3. The predicted octanol–water partition coefficient (Wildman–Crippen LogP) is 1.55. The average molecular weight is 253 g/mol. The smallest absolute Gasteiger partial charge is 0.147 e. The van der Waals surface area contributed by atoms with Crippen LogP contribution in [-0.4, -0.2) is 26.5 Å². The fraction of sp³-hybridized carbons (Fsp3) is 0.538. The Morgan fingerprint density at radius 2 is 2.00 bits per heavy atom. The summed E-state index contributed by atoms with van der Waals surface area (Å²) in [4.78, 5) is 0. The molecule has 1 aromatic carbocycles. The lowest BCUT2D eigenvalue weighted by Gasteiger charge is -2.10. The van der Waals surface area contributed by atoms with Crippen LogP contribution in [0.25, 0.3) is 0 Å². The van der Waals surface area contributed by atoms with Gasteiger partial charge in [0.2, 0.25) is 0 Å². The van der Waals surface area contributed by atoms with E-state index in [2.05, 4.69) is 12.1 Å². The highest BCUT2D eigenvalue weighted by molar-refractivity contribution is 7.90. The molecule has 1 aromatic rings. The average Bonchev–Trinajstić information content (AvgIpc) is 3.06. The molecule has 0 amide bonds. The molecular formula is C13H19NO2S. The van der Waals surface area contributed by atoms with Crippen LogP contribution in [0, 0.1) is 5.92 Å². The van der Waals surface area contributed by atoms with Gasteiger partial charge in [-0.3, -0.25) is 0 Å². The molecule has 0 saturated heterocycles. The largest absolute Gasteiger partial charge is 0.327 e. The fourth-order valence-electron chi connectivity index (χ4n) is 2.34. The Labute approximate surface area is 103 Å². The molecule has 1 aliphatic carbocycles. The standard InChI is InChI=1S/C13H19NO2S/c1-17(15,16)8-7-13(14)12-9-11(12)10-5-3-2-4-6-10/h2-6,11-13H,7-9,14H2,1H3. The van der Waals surface area contributed by atoms with Crippen molar-refractivity contribution < 1.29 is 8.42 Å². The van der Waals surface area contributed by atoms with Crippen molar-refractivity contribution >= 4 is 9.84 Å². The molecule has 94 valence electrons. The first-order valence-corrected chi connectivity index (χ1v) is 8.01. The zero-order valence-corrected chi connectivity index (χ0v) is 10.9. The Balaban J connectivity index is 1.87. The topological polar surface area (TPSA) is 60.2 Å². The summed E-state index contributed by atoms with van der Waals surface area (Å²) >= 11 is 0. The molecule has 1 fully saturated rings. The van der Waals surface area contributed by atoms with Gasteiger partial charge in [-0.05, 0) is 30.2 Å². The molecule has 0 bridgehead atoms. The molecule has 4 heteroatoms. The maximum Gasteiger partial charge on any atom is 0.147 e. The third-order valence-electron chi connectivity index (χ3n) is 3.44. The molecule has 1 saturated carbocycles. The second-order valence-electron chi connectivity index (χ2n) is 5.00. The van der Waals surface area contributed by atoms with Gasteiger partial charge in [-0.1, -0.05) is 30.3 Å². The van der Waals surface area contributed by atoms with Gasteiger partial charge in [-0.15, -0.1) is 0 Å². The first-order valence-electron chi connectivity index (χ1n) is 5.95. The van der Waals surface area contributed by atoms with E-state index in [0.717, 1.165) is 6.42 Å². The van der Waals surface area contributed by atoms with Gasteiger partial charge in [-0.2, -0.15) is 0 Å². The van der Waals surface area contributed by atoms with Crippen molar-refractivity contribution in [3.8, 4) is 0 Å². The van der Waals surface area contributed by atoms with Gasteiger partial charge in [-0.25, -0.2) is 8.42 Å². The minimum absolute atomic E-state index is 0.00920. The third kappa shape index (κ3) is 3.54. The Morgan fingerprint density at radius 3 is 2.59 bits per heavy atom. The molecule has 3 unspecified atom stereocenters. The van der Waals surface area contributed by atoms with Crippen LogP contribution in [0.5, 0.6) is 0 Å². The normalized spacial score (nSPS) is 25.5. The van der Waals surface area contributed by atoms with Gasteiger partial charge >= 0.3 is 0 Å². The van der Waals surface area contributed by atoms with Crippen molar-refractivity contribution in [2.45, 2.75) is 24.8 Å². The van der Waals surface area contributed by atoms with Crippen molar-refractivity contribution in [3.63, 3.8) is 0 Å². The maximum atomic E-state index is 11.1. The number of benzene rings is 1. The summed E-state index contributed by atoms with van der Waals surface area (Å²) in [5.74, 6) is 1.19. The van der Waals surface area contributed by atoms with Crippen LogP contribution in [-0.2, 0) is 9.84 Å². The molecule has 1 aliphatic rings. The third-order valence-corrected chi connectivity index (χ3v) is 4.42. The monoisotopic (exact) mass is 253 g/mol. The van der Waals surface area contributed by atoms with Crippen molar-refractivity contribution in [2.24, 2.45) is 11.7 Å². The lowest BCUT2D eigenvalue weighted by molar-refractivity contribution is 0.550. The summed E-state index contributed by atoms with van der Waals surface area (Å²) in [6.45, 7) is 0. The van der Waals surface area contributed by atoms with Gasteiger partial charge in [0.25, 0.3) is 0 Å². The zero-order valence-electron chi connectivity index (χ0n) is 10.0. The Morgan fingerprint density at radius 1 is 1.35 bits per heavy atom. The predicted molar refractivity (Wildman–Crippen MR) is 69.6 cm³/mol. The van der Waals surface area contributed by atoms with E-state index in [9.17, 15) is 8.42 Å². The molecule has 0 aromatic heterocycles. The summed E-state index contributed by atoms with van der Waals surface area (Å²) in [7, 11) is -2.89.